The van der Waals surface area contributed by atoms with E-state index in [1.807, 2.05) is 7.05 Å². The summed E-state index contributed by atoms with van der Waals surface area (Å²) in [5, 5.41) is 5.47. The van der Waals surface area contributed by atoms with Crippen molar-refractivity contribution in [2.45, 2.75) is 0 Å². The fourth-order valence-corrected chi connectivity index (χ4v) is 3.06. The van der Waals surface area contributed by atoms with E-state index >= 15 is 0 Å². The zero-order valence-electron chi connectivity index (χ0n) is 10.3. The largest absolute Gasteiger partial charge is 0.388 e. The molecule has 96 valence electrons. The highest BCUT2D eigenvalue weighted by atomic mass is 127. The fourth-order valence-electron chi connectivity index (χ4n) is 2.09. The van der Waals surface area contributed by atoms with Crippen LogP contribution in [0.15, 0.2) is 42.5 Å². The number of nitrogens with zero attached hydrogens (tertiary/aromatic N) is 1. The van der Waals surface area contributed by atoms with Crippen molar-refractivity contribution < 1.29 is 0 Å². The van der Waals surface area contributed by atoms with Gasteiger partial charge in [-0.1, -0.05) is 12.1 Å². The zero-order chi connectivity index (χ0) is 13.2. The van der Waals surface area contributed by atoms with Crippen LogP contribution in [0.2, 0.25) is 0 Å². The van der Waals surface area contributed by atoms with Gasteiger partial charge in [0.25, 0.3) is 0 Å². The average Bonchev–Trinajstić information content (AvgIpc) is 2.45. The van der Waals surface area contributed by atoms with Gasteiger partial charge in [-0.25, -0.2) is 4.98 Å². The van der Waals surface area contributed by atoms with Gasteiger partial charge in [0, 0.05) is 59.5 Å². The third-order valence-electron chi connectivity index (χ3n) is 3.06. The third-order valence-corrected chi connectivity index (χ3v) is 4.03. The highest BCUT2D eigenvalue weighted by Crippen LogP contribution is 2.26. The Hall–Kier alpha value is -1.21. The second-order valence-corrected chi connectivity index (χ2v) is 5.91. The maximum atomic E-state index is 4.74. The van der Waals surface area contributed by atoms with Gasteiger partial charge < -0.3 is 10.0 Å². The first-order valence-electron chi connectivity index (χ1n) is 5.86. The molecule has 1 aromatic heterocycles. The summed E-state index contributed by atoms with van der Waals surface area (Å²) in [6.45, 7) is 0. The van der Waals surface area contributed by atoms with E-state index in [-0.39, 0.29) is 0 Å². The number of hydrogen-bond acceptors (Lipinski definition) is 4. The van der Waals surface area contributed by atoms with Crippen LogP contribution in [0.3, 0.4) is 0 Å². The predicted octanol–water partition coefficient (Wildman–Crippen LogP) is 4.84. The van der Waals surface area contributed by atoms with Crippen LogP contribution in [0.5, 0.6) is 0 Å². The number of nitrogens with one attached hydrogen (secondary N) is 2. The molecule has 0 aliphatic rings. The molecule has 3 rings (SSSR count). The lowest BCUT2D eigenvalue weighted by atomic mass is 10.1. The second-order valence-electron chi connectivity index (χ2n) is 4.23. The summed E-state index contributed by atoms with van der Waals surface area (Å²) in [5.74, 6) is 0. The van der Waals surface area contributed by atoms with E-state index in [1.54, 1.807) is 9.12 Å². The average molecular weight is 381 g/mol. The molecule has 5 heteroatoms. The lowest BCUT2D eigenvalue weighted by Gasteiger charge is -2.06. The van der Waals surface area contributed by atoms with Crippen molar-refractivity contribution in [2.75, 3.05) is 17.1 Å². The Morgan fingerprint density at radius 2 is 1.58 bits per heavy atom. The Morgan fingerprint density at radius 1 is 0.947 bits per heavy atom. The molecular formula is C14H12IN3S. The zero-order valence-corrected chi connectivity index (χ0v) is 13.2. The molecule has 0 unspecified atom stereocenters. The van der Waals surface area contributed by atoms with Crippen LogP contribution < -0.4 is 10.0 Å². The van der Waals surface area contributed by atoms with Crippen molar-refractivity contribution in [3.05, 3.63) is 42.5 Å². The number of fused-ring (bicyclic) bond motifs is 2. The number of rotatable bonds is 3. The van der Waals surface area contributed by atoms with Gasteiger partial charge in [-0.2, -0.15) is 0 Å². The maximum Gasteiger partial charge on any atom is 0.0730 e. The molecule has 0 spiro atoms. The topological polar surface area (TPSA) is 37.0 Å². The molecule has 0 aliphatic carbocycles. The maximum absolute atomic E-state index is 4.74. The molecule has 0 bridgehead atoms. The molecular weight excluding hydrogens is 369 g/mol. The summed E-state index contributed by atoms with van der Waals surface area (Å²) in [6.07, 6.45) is 0. The molecule has 3 aromatic rings. The number of pyridine rings is 1. The van der Waals surface area contributed by atoms with E-state index in [1.165, 1.54) is 0 Å². The van der Waals surface area contributed by atoms with Gasteiger partial charge in [-0.15, -0.1) is 0 Å². The first-order chi connectivity index (χ1) is 9.30. The molecule has 19 heavy (non-hydrogen) atoms. The van der Waals surface area contributed by atoms with Crippen molar-refractivity contribution in [1.82, 2.24) is 4.98 Å². The first-order valence-corrected chi connectivity index (χ1v) is 9.22. The summed E-state index contributed by atoms with van der Waals surface area (Å²) in [6, 6.07) is 14.7. The Bertz CT molecular complexity index is 745. The number of hydrogen-bond donors (Lipinski definition) is 2. The van der Waals surface area contributed by atoms with E-state index in [0.29, 0.717) is 0 Å². The van der Waals surface area contributed by atoms with E-state index in [0.717, 1.165) is 33.2 Å². The minimum atomic E-state index is 1.01. The smallest absolute Gasteiger partial charge is 0.0730 e. The van der Waals surface area contributed by atoms with Crippen LogP contribution in [-0.4, -0.2) is 12.0 Å². The van der Waals surface area contributed by atoms with E-state index in [2.05, 4.69) is 73.7 Å². The summed E-state index contributed by atoms with van der Waals surface area (Å²) >= 11 is 2.22. The number of halogens is 1. The van der Waals surface area contributed by atoms with Crippen molar-refractivity contribution in [1.29, 1.82) is 0 Å². The van der Waals surface area contributed by atoms with Gasteiger partial charge in [0.2, 0.25) is 0 Å². The third kappa shape index (κ3) is 2.57. The van der Waals surface area contributed by atoms with Gasteiger partial charge in [-0.3, -0.25) is 0 Å². The van der Waals surface area contributed by atoms with Crippen molar-refractivity contribution in [3.63, 3.8) is 0 Å². The van der Waals surface area contributed by atoms with Crippen LogP contribution in [-0.2, 0) is 0 Å². The number of anilines is 2. The molecule has 0 radical (unpaired) electrons. The predicted molar refractivity (Wildman–Crippen MR) is 94.0 cm³/mol. The standard InChI is InChI=1S/C14H12IN3S/c1-16-11-4-2-9-6-10-3-5-12(18-19-15)8-14(10)17-13(9)7-11/h2-8,16,18H,1H3. The Kier molecular flexibility index (Phi) is 3.65. The molecule has 2 N–H and O–H groups in total. The molecule has 0 amide bonds. The molecule has 0 saturated heterocycles. The second kappa shape index (κ2) is 5.42. The molecule has 0 fully saturated rings. The summed E-state index contributed by atoms with van der Waals surface area (Å²) in [4.78, 5) is 4.74. The van der Waals surface area contributed by atoms with E-state index in [4.69, 9.17) is 4.98 Å². The summed E-state index contributed by atoms with van der Waals surface area (Å²) in [5.41, 5.74) is 4.18. The van der Waals surface area contributed by atoms with Gasteiger partial charge in [0.15, 0.2) is 0 Å². The lowest BCUT2D eigenvalue weighted by molar-refractivity contribution is 1.47. The van der Waals surface area contributed by atoms with Crippen molar-refractivity contribution >= 4 is 63.5 Å². The van der Waals surface area contributed by atoms with E-state index in [9.17, 15) is 0 Å². The Labute approximate surface area is 127 Å². The van der Waals surface area contributed by atoms with Gasteiger partial charge in [0.05, 0.1) is 11.0 Å². The molecule has 0 atom stereocenters. The van der Waals surface area contributed by atoms with Gasteiger partial charge >= 0.3 is 0 Å². The molecule has 3 nitrogen and oxygen atoms in total. The number of benzene rings is 2. The quantitative estimate of drug-likeness (QED) is 0.387. The molecule has 1 heterocycles. The molecule has 0 aliphatic heterocycles. The van der Waals surface area contributed by atoms with E-state index < -0.39 is 0 Å². The van der Waals surface area contributed by atoms with Crippen LogP contribution in [0.1, 0.15) is 0 Å². The van der Waals surface area contributed by atoms with Crippen LogP contribution in [0.25, 0.3) is 21.8 Å². The van der Waals surface area contributed by atoms with Crippen LogP contribution >= 0.6 is 30.3 Å². The Morgan fingerprint density at radius 3 is 2.21 bits per heavy atom. The van der Waals surface area contributed by atoms with Crippen molar-refractivity contribution in [3.8, 4) is 0 Å². The minimum absolute atomic E-state index is 1.01. The SMILES string of the molecule is CNc1ccc2cc3ccc(NSI)cc3nc2c1. The van der Waals surface area contributed by atoms with Crippen molar-refractivity contribution in [2.24, 2.45) is 0 Å². The number of aromatic nitrogens is 1. The Balaban J connectivity index is 2.20. The van der Waals surface area contributed by atoms with Gasteiger partial charge in [-0.05, 0) is 30.3 Å². The summed E-state index contributed by atoms with van der Waals surface area (Å²) < 4.78 is 3.22. The van der Waals surface area contributed by atoms with Crippen LogP contribution in [0.4, 0.5) is 11.4 Å². The molecule has 2 aromatic carbocycles. The summed E-state index contributed by atoms with van der Waals surface area (Å²) in [7, 11) is 3.47. The lowest BCUT2D eigenvalue weighted by Crippen LogP contribution is -1.89. The monoisotopic (exact) mass is 381 g/mol. The highest BCUT2D eigenvalue weighted by Gasteiger charge is 2.02. The fraction of sp³-hybridized carbons (Fsp3) is 0.0714. The molecule has 0 saturated carbocycles. The van der Waals surface area contributed by atoms with Gasteiger partial charge in [0.1, 0.15) is 0 Å². The minimum Gasteiger partial charge on any atom is -0.388 e. The first kappa shape index (κ1) is 12.8. The normalized spacial score (nSPS) is 10.8. The highest BCUT2D eigenvalue weighted by molar-refractivity contribution is 14.2. The van der Waals surface area contributed by atoms with Crippen LogP contribution in [0, 0.1) is 0 Å².